The maximum Gasteiger partial charge on any atom is 0.214 e. The highest BCUT2D eigenvalue weighted by Crippen LogP contribution is 2.08. The molecular weight excluding hydrogens is 248 g/mol. The van der Waals surface area contributed by atoms with Crippen LogP contribution in [0.1, 0.15) is 13.3 Å². The molecule has 1 heterocycles. The molecule has 0 aromatic heterocycles. The van der Waals surface area contributed by atoms with E-state index in [2.05, 4.69) is 5.32 Å². The standard InChI is InChI=1S/C9H20N2O3S2/c1-2-10-4-3-9-16(13,14)11-5-7-15(12)8-6-11/h10H,2-9H2,1H3. The topological polar surface area (TPSA) is 66.5 Å². The van der Waals surface area contributed by atoms with E-state index in [0.717, 1.165) is 13.1 Å². The molecule has 1 saturated heterocycles. The minimum absolute atomic E-state index is 0.187. The van der Waals surface area contributed by atoms with E-state index in [0.29, 0.717) is 31.0 Å². The third-order valence-electron chi connectivity index (χ3n) is 2.54. The number of nitrogens with zero attached hydrogens (tertiary/aromatic N) is 1. The highest BCUT2D eigenvalue weighted by molar-refractivity contribution is 7.89. The third-order valence-corrected chi connectivity index (χ3v) is 5.77. The molecular formula is C9H20N2O3S2. The van der Waals surface area contributed by atoms with Gasteiger partial charge in [0.15, 0.2) is 0 Å². The van der Waals surface area contributed by atoms with Gasteiger partial charge in [-0.05, 0) is 19.5 Å². The smallest absolute Gasteiger partial charge is 0.214 e. The summed E-state index contributed by atoms with van der Waals surface area (Å²) in [5.41, 5.74) is 0. The van der Waals surface area contributed by atoms with Crippen LogP contribution >= 0.6 is 0 Å². The fraction of sp³-hybridized carbons (Fsp3) is 1.00. The van der Waals surface area contributed by atoms with Gasteiger partial charge < -0.3 is 5.32 Å². The van der Waals surface area contributed by atoms with Gasteiger partial charge >= 0.3 is 0 Å². The van der Waals surface area contributed by atoms with Crippen molar-refractivity contribution in [3.8, 4) is 0 Å². The van der Waals surface area contributed by atoms with Crippen molar-refractivity contribution in [1.82, 2.24) is 9.62 Å². The zero-order valence-electron chi connectivity index (χ0n) is 9.65. The molecule has 0 spiro atoms. The van der Waals surface area contributed by atoms with Crippen LogP contribution in [-0.2, 0) is 20.8 Å². The van der Waals surface area contributed by atoms with E-state index in [9.17, 15) is 12.6 Å². The van der Waals surface area contributed by atoms with Gasteiger partial charge in [-0.3, -0.25) is 4.21 Å². The largest absolute Gasteiger partial charge is 0.317 e. The van der Waals surface area contributed by atoms with Crippen LogP contribution in [0.25, 0.3) is 0 Å². The number of rotatable bonds is 6. The van der Waals surface area contributed by atoms with Crippen molar-refractivity contribution >= 4 is 20.8 Å². The highest BCUT2D eigenvalue weighted by Gasteiger charge is 2.25. The van der Waals surface area contributed by atoms with Crippen molar-refractivity contribution in [2.45, 2.75) is 13.3 Å². The predicted molar refractivity (Wildman–Crippen MR) is 66.4 cm³/mol. The van der Waals surface area contributed by atoms with E-state index in [4.69, 9.17) is 0 Å². The van der Waals surface area contributed by atoms with E-state index < -0.39 is 20.8 Å². The molecule has 5 nitrogen and oxygen atoms in total. The second-order valence-electron chi connectivity index (χ2n) is 3.77. The number of hydrogen-bond donors (Lipinski definition) is 1. The molecule has 0 aromatic rings. The van der Waals surface area contributed by atoms with Crippen molar-refractivity contribution in [2.75, 3.05) is 43.4 Å². The zero-order chi connectivity index (χ0) is 12.0. The molecule has 0 bridgehead atoms. The van der Waals surface area contributed by atoms with E-state index in [1.165, 1.54) is 4.31 Å². The van der Waals surface area contributed by atoms with Gasteiger partial charge in [-0.15, -0.1) is 0 Å². The van der Waals surface area contributed by atoms with Crippen LogP contribution in [0.15, 0.2) is 0 Å². The van der Waals surface area contributed by atoms with Crippen molar-refractivity contribution in [1.29, 1.82) is 0 Å². The van der Waals surface area contributed by atoms with E-state index in [1.54, 1.807) is 0 Å². The average molecular weight is 268 g/mol. The van der Waals surface area contributed by atoms with Gasteiger partial charge in [0.2, 0.25) is 10.0 Å². The summed E-state index contributed by atoms with van der Waals surface area (Å²) in [5.74, 6) is 1.14. The first-order chi connectivity index (χ1) is 7.56. The maximum absolute atomic E-state index is 11.9. The lowest BCUT2D eigenvalue weighted by atomic mass is 10.5. The van der Waals surface area contributed by atoms with Crippen molar-refractivity contribution in [2.24, 2.45) is 0 Å². The molecule has 1 aliphatic rings. The summed E-state index contributed by atoms with van der Waals surface area (Å²) in [6, 6.07) is 0. The Balaban J connectivity index is 2.35. The molecule has 0 radical (unpaired) electrons. The van der Waals surface area contributed by atoms with Gasteiger partial charge in [0, 0.05) is 35.4 Å². The Morgan fingerprint density at radius 3 is 2.50 bits per heavy atom. The lowest BCUT2D eigenvalue weighted by molar-refractivity contribution is 0.437. The number of sulfonamides is 1. The SMILES string of the molecule is CCNCCCS(=O)(=O)N1CCS(=O)CC1. The predicted octanol–water partition coefficient (Wildman–Crippen LogP) is -0.620. The Morgan fingerprint density at radius 1 is 1.31 bits per heavy atom. The fourth-order valence-corrected chi connectivity index (χ4v) is 4.37. The number of hydrogen-bond acceptors (Lipinski definition) is 4. The van der Waals surface area contributed by atoms with Gasteiger partial charge in [0.1, 0.15) is 0 Å². The molecule has 0 unspecified atom stereocenters. The normalized spacial score (nSPS) is 20.1. The van der Waals surface area contributed by atoms with Gasteiger partial charge in [0.05, 0.1) is 5.75 Å². The van der Waals surface area contributed by atoms with Gasteiger partial charge in [-0.2, -0.15) is 0 Å². The van der Waals surface area contributed by atoms with E-state index in [-0.39, 0.29) is 5.75 Å². The Bertz CT molecular complexity index is 320. The molecule has 0 atom stereocenters. The maximum atomic E-state index is 11.9. The lowest BCUT2D eigenvalue weighted by Gasteiger charge is -2.25. The summed E-state index contributed by atoms with van der Waals surface area (Å²) in [6.07, 6.45) is 0.635. The molecule has 1 aliphatic heterocycles. The lowest BCUT2D eigenvalue weighted by Crippen LogP contribution is -2.43. The van der Waals surface area contributed by atoms with Gasteiger partial charge in [0.25, 0.3) is 0 Å². The van der Waals surface area contributed by atoms with Crippen LogP contribution in [0.3, 0.4) is 0 Å². The molecule has 0 aliphatic carbocycles. The molecule has 0 aromatic carbocycles. The Labute approximate surface area is 100 Å². The molecule has 0 amide bonds. The fourth-order valence-electron chi connectivity index (χ4n) is 1.58. The summed E-state index contributed by atoms with van der Waals surface area (Å²) in [5, 5.41) is 3.10. The minimum atomic E-state index is -3.13. The first kappa shape index (κ1) is 14.1. The summed E-state index contributed by atoms with van der Waals surface area (Å²) in [4.78, 5) is 0. The van der Waals surface area contributed by atoms with Crippen LogP contribution < -0.4 is 5.32 Å². The van der Waals surface area contributed by atoms with Crippen LogP contribution in [0.4, 0.5) is 0 Å². The first-order valence-electron chi connectivity index (χ1n) is 5.60. The summed E-state index contributed by atoms with van der Waals surface area (Å²) < 4.78 is 36.3. The first-order valence-corrected chi connectivity index (χ1v) is 8.69. The van der Waals surface area contributed by atoms with Crippen molar-refractivity contribution in [3.63, 3.8) is 0 Å². The molecule has 16 heavy (non-hydrogen) atoms. The monoisotopic (exact) mass is 268 g/mol. The second kappa shape index (κ2) is 6.68. The van der Waals surface area contributed by atoms with Crippen LogP contribution in [0.5, 0.6) is 0 Å². The summed E-state index contributed by atoms with van der Waals surface area (Å²) in [7, 11) is -3.95. The van der Waals surface area contributed by atoms with Crippen molar-refractivity contribution < 1.29 is 12.6 Å². The van der Waals surface area contributed by atoms with E-state index >= 15 is 0 Å². The second-order valence-corrected chi connectivity index (χ2v) is 7.55. The minimum Gasteiger partial charge on any atom is -0.317 e. The van der Waals surface area contributed by atoms with Gasteiger partial charge in [-0.25, -0.2) is 12.7 Å². The Kier molecular flexibility index (Phi) is 5.88. The molecule has 1 fully saturated rings. The molecule has 0 saturated carbocycles. The number of nitrogens with one attached hydrogen (secondary N) is 1. The summed E-state index contributed by atoms with van der Waals surface area (Å²) in [6.45, 7) is 4.42. The highest BCUT2D eigenvalue weighted by atomic mass is 32.2. The Morgan fingerprint density at radius 2 is 1.94 bits per heavy atom. The van der Waals surface area contributed by atoms with Gasteiger partial charge in [-0.1, -0.05) is 6.92 Å². The molecule has 1 N–H and O–H groups in total. The molecule has 1 rings (SSSR count). The third kappa shape index (κ3) is 4.48. The summed E-state index contributed by atoms with van der Waals surface area (Å²) >= 11 is 0. The van der Waals surface area contributed by atoms with Crippen molar-refractivity contribution in [3.05, 3.63) is 0 Å². The zero-order valence-corrected chi connectivity index (χ0v) is 11.3. The Hall–Kier alpha value is 0.0200. The average Bonchev–Trinajstić information content (AvgIpc) is 2.25. The molecule has 96 valence electrons. The quantitative estimate of drug-likeness (QED) is 0.652. The van der Waals surface area contributed by atoms with E-state index in [1.807, 2.05) is 6.92 Å². The molecule has 7 heteroatoms. The van der Waals surface area contributed by atoms with Crippen LogP contribution in [0.2, 0.25) is 0 Å². The van der Waals surface area contributed by atoms with Crippen LogP contribution in [-0.4, -0.2) is 60.4 Å². The van der Waals surface area contributed by atoms with Crippen LogP contribution in [0, 0.1) is 0 Å².